The molecule has 0 saturated carbocycles. The first-order valence-electron chi connectivity index (χ1n) is 6.22. The summed E-state index contributed by atoms with van der Waals surface area (Å²) in [6, 6.07) is 12.6. The zero-order chi connectivity index (χ0) is 14.0. The highest BCUT2D eigenvalue weighted by Gasteiger charge is 2.17. The number of benzene rings is 2. The molecule has 0 saturated heterocycles. The fourth-order valence-electron chi connectivity index (χ4n) is 2.36. The number of halogens is 2. The molecule has 0 amide bonds. The third kappa shape index (κ3) is 3.19. The third-order valence-electron chi connectivity index (χ3n) is 3.30. The van der Waals surface area contributed by atoms with Crippen LogP contribution in [0.15, 0.2) is 40.9 Å². The van der Waals surface area contributed by atoms with Gasteiger partial charge in [0, 0.05) is 9.50 Å². The number of hydrogen-bond acceptors (Lipinski definition) is 1. The van der Waals surface area contributed by atoms with E-state index in [4.69, 9.17) is 11.6 Å². The second-order valence-corrected chi connectivity index (χ2v) is 6.07. The van der Waals surface area contributed by atoms with Crippen molar-refractivity contribution >= 4 is 27.5 Å². The number of aryl methyl sites for hydroxylation is 2. The van der Waals surface area contributed by atoms with Gasteiger partial charge < -0.3 is 5.32 Å². The minimum absolute atomic E-state index is 0.112. The topological polar surface area (TPSA) is 12.0 Å². The van der Waals surface area contributed by atoms with Crippen LogP contribution in [0.25, 0.3) is 0 Å². The van der Waals surface area contributed by atoms with Crippen LogP contribution >= 0.6 is 27.5 Å². The highest BCUT2D eigenvalue weighted by Crippen LogP contribution is 2.32. The summed E-state index contributed by atoms with van der Waals surface area (Å²) < 4.78 is 0.997. The highest BCUT2D eigenvalue weighted by atomic mass is 79.9. The molecule has 1 nitrogen and oxygen atoms in total. The molecule has 100 valence electrons. The van der Waals surface area contributed by atoms with E-state index in [-0.39, 0.29) is 6.04 Å². The maximum Gasteiger partial charge on any atom is 0.0591 e. The molecule has 0 radical (unpaired) electrons. The Bertz CT molecular complexity index is 544. The van der Waals surface area contributed by atoms with E-state index in [2.05, 4.69) is 59.4 Å². The first kappa shape index (κ1) is 14.6. The second kappa shape index (κ2) is 6.08. The maximum atomic E-state index is 6.37. The van der Waals surface area contributed by atoms with Gasteiger partial charge in [-0.3, -0.25) is 0 Å². The van der Waals surface area contributed by atoms with E-state index in [9.17, 15) is 0 Å². The van der Waals surface area contributed by atoms with Crippen LogP contribution < -0.4 is 5.32 Å². The Kier molecular flexibility index (Phi) is 4.67. The Morgan fingerprint density at radius 1 is 1.05 bits per heavy atom. The fourth-order valence-corrected chi connectivity index (χ4v) is 3.15. The van der Waals surface area contributed by atoms with Gasteiger partial charge in [-0.1, -0.05) is 57.4 Å². The van der Waals surface area contributed by atoms with Crippen LogP contribution in [0.3, 0.4) is 0 Å². The van der Waals surface area contributed by atoms with E-state index in [0.29, 0.717) is 0 Å². The molecule has 2 rings (SSSR count). The summed E-state index contributed by atoms with van der Waals surface area (Å²) in [7, 11) is 1.96. The molecule has 0 bridgehead atoms. The lowest BCUT2D eigenvalue weighted by atomic mass is 9.94. The maximum absolute atomic E-state index is 6.37. The van der Waals surface area contributed by atoms with Gasteiger partial charge in [0.25, 0.3) is 0 Å². The number of nitrogens with one attached hydrogen (secondary N) is 1. The van der Waals surface area contributed by atoms with Crippen molar-refractivity contribution in [1.29, 1.82) is 0 Å². The molecule has 1 unspecified atom stereocenters. The summed E-state index contributed by atoms with van der Waals surface area (Å²) >= 11 is 9.81. The summed E-state index contributed by atoms with van der Waals surface area (Å²) in [5.74, 6) is 0. The average molecular weight is 339 g/mol. The summed E-state index contributed by atoms with van der Waals surface area (Å²) in [5.41, 5.74) is 4.91. The molecule has 2 aromatic rings. The first-order valence-corrected chi connectivity index (χ1v) is 7.39. The molecule has 1 N–H and O–H groups in total. The third-order valence-corrected chi connectivity index (χ3v) is 4.12. The van der Waals surface area contributed by atoms with E-state index < -0.39 is 0 Å². The zero-order valence-corrected chi connectivity index (χ0v) is 13.6. The molecule has 19 heavy (non-hydrogen) atoms. The van der Waals surface area contributed by atoms with E-state index in [1.54, 1.807) is 0 Å². The smallest absolute Gasteiger partial charge is 0.0591 e. The van der Waals surface area contributed by atoms with Crippen molar-refractivity contribution in [2.45, 2.75) is 19.9 Å². The van der Waals surface area contributed by atoms with Gasteiger partial charge in [-0.2, -0.15) is 0 Å². The lowest BCUT2D eigenvalue weighted by Crippen LogP contribution is -2.19. The molecule has 0 aliphatic carbocycles. The standard InChI is InChI=1S/C16H17BrClN/c1-10-4-6-13(11(2)8-10)16(19-3)14-7-5-12(17)9-15(14)18/h4-9,16,19H,1-3H3. The second-order valence-electron chi connectivity index (χ2n) is 4.75. The monoisotopic (exact) mass is 337 g/mol. The summed E-state index contributed by atoms with van der Waals surface area (Å²) in [5, 5.41) is 4.13. The molecule has 0 fully saturated rings. The van der Waals surface area contributed by atoms with Crippen LogP contribution in [-0.2, 0) is 0 Å². The van der Waals surface area contributed by atoms with Crippen molar-refractivity contribution in [3.63, 3.8) is 0 Å². The quantitative estimate of drug-likeness (QED) is 0.828. The molecular weight excluding hydrogens is 322 g/mol. The lowest BCUT2D eigenvalue weighted by molar-refractivity contribution is 0.687. The Labute approximate surface area is 128 Å². The number of rotatable bonds is 3. The van der Waals surface area contributed by atoms with Gasteiger partial charge in [-0.05, 0) is 49.7 Å². The van der Waals surface area contributed by atoms with Crippen molar-refractivity contribution < 1.29 is 0 Å². The number of hydrogen-bond donors (Lipinski definition) is 1. The van der Waals surface area contributed by atoms with Crippen LogP contribution in [0.5, 0.6) is 0 Å². The average Bonchev–Trinajstić information content (AvgIpc) is 2.34. The predicted molar refractivity (Wildman–Crippen MR) is 86.0 cm³/mol. The van der Waals surface area contributed by atoms with Crippen LogP contribution in [0, 0.1) is 13.8 Å². The van der Waals surface area contributed by atoms with E-state index in [1.807, 2.05) is 19.2 Å². The summed E-state index contributed by atoms with van der Waals surface area (Å²) in [6.45, 7) is 4.25. The van der Waals surface area contributed by atoms with Gasteiger partial charge in [0.1, 0.15) is 0 Å². The minimum Gasteiger partial charge on any atom is -0.309 e. The fraction of sp³-hybridized carbons (Fsp3) is 0.250. The van der Waals surface area contributed by atoms with Gasteiger partial charge in [-0.25, -0.2) is 0 Å². The molecule has 0 aromatic heterocycles. The molecule has 2 aromatic carbocycles. The van der Waals surface area contributed by atoms with Gasteiger partial charge in [-0.15, -0.1) is 0 Å². The minimum atomic E-state index is 0.112. The van der Waals surface area contributed by atoms with Crippen LogP contribution in [-0.4, -0.2) is 7.05 Å². The molecule has 0 aliphatic rings. The molecular formula is C16H17BrClN. The zero-order valence-electron chi connectivity index (χ0n) is 11.3. The normalized spacial score (nSPS) is 12.5. The highest BCUT2D eigenvalue weighted by molar-refractivity contribution is 9.10. The van der Waals surface area contributed by atoms with Crippen LogP contribution in [0.4, 0.5) is 0 Å². The predicted octanol–water partition coefficient (Wildman–Crippen LogP) is 5.03. The summed E-state index contributed by atoms with van der Waals surface area (Å²) in [6.07, 6.45) is 0. The van der Waals surface area contributed by atoms with Gasteiger partial charge in [0.15, 0.2) is 0 Å². The van der Waals surface area contributed by atoms with Crippen molar-refractivity contribution in [2.75, 3.05) is 7.05 Å². The Balaban J connectivity index is 2.50. The van der Waals surface area contributed by atoms with Gasteiger partial charge in [0.2, 0.25) is 0 Å². The van der Waals surface area contributed by atoms with E-state index >= 15 is 0 Å². The van der Waals surface area contributed by atoms with Gasteiger partial charge in [0.05, 0.1) is 6.04 Å². The van der Waals surface area contributed by atoms with Gasteiger partial charge >= 0.3 is 0 Å². The molecule has 3 heteroatoms. The van der Waals surface area contributed by atoms with Crippen LogP contribution in [0.2, 0.25) is 5.02 Å². The molecule has 0 heterocycles. The van der Waals surface area contributed by atoms with E-state index in [1.165, 1.54) is 16.7 Å². The van der Waals surface area contributed by atoms with Crippen LogP contribution in [0.1, 0.15) is 28.3 Å². The molecule has 1 atom stereocenters. The van der Waals surface area contributed by atoms with Crippen molar-refractivity contribution in [3.8, 4) is 0 Å². The van der Waals surface area contributed by atoms with Crippen molar-refractivity contribution in [1.82, 2.24) is 5.32 Å². The van der Waals surface area contributed by atoms with Crippen molar-refractivity contribution in [3.05, 3.63) is 68.1 Å². The molecule has 0 spiro atoms. The lowest BCUT2D eigenvalue weighted by Gasteiger charge is -2.21. The Morgan fingerprint density at radius 2 is 1.74 bits per heavy atom. The first-order chi connectivity index (χ1) is 9.02. The SMILES string of the molecule is CNC(c1ccc(C)cc1C)c1ccc(Br)cc1Cl. The largest absolute Gasteiger partial charge is 0.309 e. The Morgan fingerprint density at radius 3 is 2.32 bits per heavy atom. The Hall–Kier alpha value is -0.830. The molecule has 0 aliphatic heterocycles. The summed E-state index contributed by atoms with van der Waals surface area (Å²) in [4.78, 5) is 0. The van der Waals surface area contributed by atoms with Crippen molar-refractivity contribution in [2.24, 2.45) is 0 Å². The van der Waals surface area contributed by atoms with E-state index in [0.717, 1.165) is 15.1 Å².